The minimum absolute atomic E-state index is 0.252. The molecule has 1 unspecified atom stereocenters. The van der Waals surface area contributed by atoms with E-state index >= 15 is 0 Å². The molecule has 1 aromatic carbocycles. The van der Waals surface area contributed by atoms with Gasteiger partial charge in [0.1, 0.15) is 0 Å². The summed E-state index contributed by atoms with van der Waals surface area (Å²) in [5, 5.41) is 3.84. The SMILES string of the molecule is CCC1(CC)CN(c2cc(C)cc(Br)c2)C(C(C)C)CN1. The number of anilines is 1. The highest BCUT2D eigenvalue weighted by atomic mass is 79.9. The number of hydrogen-bond donors (Lipinski definition) is 1. The van der Waals surface area contributed by atoms with Gasteiger partial charge < -0.3 is 10.2 Å². The minimum Gasteiger partial charge on any atom is -0.365 e. The molecule has 1 fully saturated rings. The van der Waals surface area contributed by atoms with Gasteiger partial charge >= 0.3 is 0 Å². The fourth-order valence-corrected chi connectivity index (χ4v) is 4.01. The van der Waals surface area contributed by atoms with Gasteiger partial charge in [-0.1, -0.05) is 43.6 Å². The van der Waals surface area contributed by atoms with Crippen molar-refractivity contribution in [1.82, 2.24) is 5.32 Å². The first-order chi connectivity index (χ1) is 9.90. The van der Waals surface area contributed by atoms with Gasteiger partial charge in [-0.3, -0.25) is 0 Å². The van der Waals surface area contributed by atoms with Gasteiger partial charge in [0.25, 0.3) is 0 Å². The van der Waals surface area contributed by atoms with Crippen molar-refractivity contribution in [3.63, 3.8) is 0 Å². The number of aryl methyl sites for hydroxylation is 1. The highest BCUT2D eigenvalue weighted by Crippen LogP contribution is 2.32. The average molecular weight is 353 g/mol. The van der Waals surface area contributed by atoms with E-state index < -0.39 is 0 Å². The van der Waals surface area contributed by atoms with E-state index in [9.17, 15) is 0 Å². The predicted molar refractivity (Wildman–Crippen MR) is 96.2 cm³/mol. The molecule has 0 spiro atoms. The first-order valence-corrected chi connectivity index (χ1v) is 8.99. The van der Waals surface area contributed by atoms with E-state index in [0.29, 0.717) is 12.0 Å². The maximum atomic E-state index is 3.84. The lowest BCUT2D eigenvalue weighted by atomic mass is 9.86. The summed E-state index contributed by atoms with van der Waals surface area (Å²) >= 11 is 3.66. The molecule has 2 rings (SSSR count). The van der Waals surface area contributed by atoms with Gasteiger partial charge in [0, 0.05) is 34.8 Å². The molecule has 0 aliphatic carbocycles. The summed E-state index contributed by atoms with van der Waals surface area (Å²) in [4.78, 5) is 2.63. The van der Waals surface area contributed by atoms with Crippen LogP contribution in [-0.4, -0.2) is 24.7 Å². The number of piperazine rings is 1. The molecule has 1 aliphatic rings. The van der Waals surface area contributed by atoms with Crippen LogP contribution in [0.4, 0.5) is 5.69 Å². The van der Waals surface area contributed by atoms with Crippen LogP contribution in [0, 0.1) is 12.8 Å². The number of halogens is 1. The lowest BCUT2D eigenvalue weighted by Gasteiger charge is -2.50. The summed E-state index contributed by atoms with van der Waals surface area (Å²) in [5.41, 5.74) is 2.93. The Hall–Kier alpha value is -0.540. The summed E-state index contributed by atoms with van der Waals surface area (Å²) in [6.07, 6.45) is 2.36. The van der Waals surface area contributed by atoms with Crippen molar-refractivity contribution in [2.75, 3.05) is 18.0 Å². The number of benzene rings is 1. The molecule has 0 radical (unpaired) electrons. The van der Waals surface area contributed by atoms with Crippen LogP contribution in [0.3, 0.4) is 0 Å². The molecule has 1 aliphatic heterocycles. The molecule has 3 heteroatoms. The molecular weight excluding hydrogens is 324 g/mol. The van der Waals surface area contributed by atoms with Gasteiger partial charge in [-0.05, 0) is 49.4 Å². The van der Waals surface area contributed by atoms with Crippen LogP contribution in [0.25, 0.3) is 0 Å². The molecule has 2 nitrogen and oxygen atoms in total. The molecule has 1 N–H and O–H groups in total. The van der Waals surface area contributed by atoms with Crippen molar-refractivity contribution in [3.8, 4) is 0 Å². The molecule has 1 atom stereocenters. The van der Waals surface area contributed by atoms with Gasteiger partial charge in [-0.2, -0.15) is 0 Å². The van der Waals surface area contributed by atoms with E-state index in [2.05, 4.69) is 79.0 Å². The molecule has 0 saturated carbocycles. The quantitative estimate of drug-likeness (QED) is 0.840. The summed E-state index contributed by atoms with van der Waals surface area (Å²) in [7, 11) is 0. The predicted octanol–water partition coefficient (Wildman–Crippen LogP) is 4.75. The Kier molecular flexibility index (Phi) is 5.37. The van der Waals surface area contributed by atoms with Gasteiger partial charge in [-0.25, -0.2) is 0 Å². The van der Waals surface area contributed by atoms with Crippen LogP contribution in [0.2, 0.25) is 0 Å². The monoisotopic (exact) mass is 352 g/mol. The molecule has 1 aromatic rings. The molecule has 21 heavy (non-hydrogen) atoms. The summed E-state index contributed by atoms with van der Waals surface area (Å²) in [6, 6.07) is 7.33. The fourth-order valence-electron chi connectivity index (χ4n) is 3.42. The average Bonchev–Trinajstić information content (AvgIpc) is 2.45. The zero-order valence-corrected chi connectivity index (χ0v) is 15.6. The maximum Gasteiger partial charge on any atom is 0.0438 e. The third-order valence-corrected chi connectivity index (χ3v) is 5.50. The van der Waals surface area contributed by atoms with E-state index in [1.54, 1.807) is 0 Å². The normalized spacial score (nSPS) is 21.9. The lowest BCUT2D eigenvalue weighted by Crippen LogP contribution is -2.65. The van der Waals surface area contributed by atoms with Gasteiger partial charge in [0.15, 0.2) is 0 Å². The largest absolute Gasteiger partial charge is 0.365 e. The molecule has 1 heterocycles. The zero-order chi connectivity index (χ0) is 15.6. The highest BCUT2D eigenvalue weighted by Gasteiger charge is 2.37. The van der Waals surface area contributed by atoms with Crippen LogP contribution in [-0.2, 0) is 0 Å². The van der Waals surface area contributed by atoms with Crippen LogP contribution < -0.4 is 10.2 Å². The van der Waals surface area contributed by atoms with Gasteiger partial charge in [-0.15, -0.1) is 0 Å². The molecule has 1 saturated heterocycles. The van der Waals surface area contributed by atoms with Crippen LogP contribution in [0.1, 0.15) is 46.1 Å². The third-order valence-electron chi connectivity index (χ3n) is 5.04. The Labute approximate surface area is 138 Å². The topological polar surface area (TPSA) is 15.3 Å². The van der Waals surface area contributed by atoms with Crippen molar-refractivity contribution in [3.05, 3.63) is 28.2 Å². The second-order valence-electron chi connectivity index (χ2n) is 6.79. The first kappa shape index (κ1) is 16.8. The minimum atomic E-state index is 0.252. The number of nitrogens with one attached hydrogen (secondary N) is 1. The summed E-state index contributed by atoms with van der Waals surface area (Å²) in [6.45, 7) is 13.6. The van der Waals surface area contributed by atoms with Crippen LogP contribution in [0.15, 0.2) is 22.7 Å². The third kappa shape index (κ3) is 3.62. The Morgan fingerprint density at radius 1 is 1.29 bits per heavy atom. The maximum absolute atomic E-state index is 3.84. The smallest absolute Gasteiger partial charge is 0.0438 e. The van der Waals surface area contributed by atoms with Gasteiger partial charge in [0.05, 0.1) is 0 Å². The summed E-state index contributed by atoms with van der Waals surface area (Å²) in [5.74, 6) is 0.642. The van der Waals surface area contributed by atoms with E-state index in [-0.39, 0.29) is 5.54 Å². The Morgan fingerprint density at radius 2 is 1.95 bits per heavy atom. The Balaban J connectivity index is 2.37. The van der Waals surface area contributed by atoms with Gasteiger partial charge in [0.2, 0.25) is 0 Å². The number of hydrogen-bond acceptors (Lipinski definition) is 2. The molecule has 0 bridgehead atoms. The zero-order valence-electron chi connectivity index (χ0n) is 14.0. The Bertz CT molecular complexity index is 460. The van der Waals surface area contributed by atoms with Crippen molar-refractivity contribution < 1.29 is 0 Å². The van der Waals surface area contributed by atoms with Crippen molar-refractivity contribution in [2.45, 2.75) is 59.0 Å². The summed E-state index contributed by atoms with van der Waals surface area (Å²) < 4.78 is 1.18. The van der Waals surface area contributed by atoms with E-state index in [1.807, 2.05) is 0 Å². The van der Waals surface area contributed by atoms with Crippen LogP contribution in [0.5, 0.6) is 0 Å². The fraction of sp³-hybridized carbons (Fsp3) is 0.667. The second-order valence-corrected chi connectivity index (χ2v) is 7.71. The van der Waals surface area contributed by atoms with Crippen LogP contribution >= 0.6 is 15.9 Å². The van der Waals surface area contributed by atoms with Crippen molar-refractivity contribution in [1.29, 1.82) is 0 Å². The first-order valence-electron chi connectivity index (χ1n) is 8.19. The molecule has 0 aromatic heterocycles. The van der Waals surface area contributed by atoms with Crippen molar-refractivity contribution in [2.24, 2.45) is 5.92 Å². The van der Waals surface area contributed by atoms with E-state index in [1.165, 1.54) is 28.6 Å². The van der Waals surface area contributed by atoms with E-state index in [0.717, 1.165) is 13.1 Å². The molecule has 0 amide bonds. The Morgan fingerprint density at radius 3 is 2.48 bits per heavy atom. The number of nitrogens with zero attached hydrogens (tertiary/aromatic N) is 1. The lowest BCUT2D eigenvalue weighted by molar-refractivity contribution is 0.227. The van der Waals surface area contributed by atoms with E-state index in [4.69, 9.17) is 0 Å². The number of rotatable bonds is 4. The van der Waals surface area contributed by atoms with Crippen molar-refractivity contribution >= 4 is 21.6 Å². The molecule has 118 valence electrons. The highest BCUT2D eigenvalue weighted by molar-refractivity contribution is 9.10. The second kappa shape index (κ2) is 6.70. The molecular formula is C18H29BrN2. The standard InChI is InChI=1S/C18H29BrN2/c1-6-18(7-2)12-21(17(11-20-18)13(3)4)16-9-14(5)8-15(19)10-16/h8-10,13,17,20H,6-7,11-12H2,1-5H3.